The molecule has 2 unspecified atom stereocenters. The van der Waals surface area contributed by atoms with Gasteiger partial charge < -0.3 is 10.6 Å². The summed E-state index contributed by atoms with van der Waals surface area (Å²) in [6.07, 6.45) is 8.52. The Balaban J connectivity index is 1.86. The highest BCUT2D eigenvalue weighted by atomic mass is 15.0. The molecule has 0 spiro atoms. The molecule has 1 aliphatic carbocycles. The van der Waals surface area contributed by atoms with Gasteiger partial charge in [-0.2, -0.15) is 0 Å². The molecule has 2 atom stereocenters. The SMILES string of the molecule is CNC(C1CCC1)C1CCCCN1. The molecule has 2 heteroatoms. The summed E-state index contributed by atoms with van der Waals surface area (Å²) in [4.78, 5) is 0. The van der Waals surface area contributed by atoms with Gasteiger partial charge in [0, 0.05) is 12.1 Å². The third kappa shape index (κ3) is 2.05. The minimum Gasteiger partial charge on any atom is -0.315 e. The zero-order valence-corrected chi connectivity index (χ0v) is 8.68. The summed E-state index contributed by atoms with van der Waals surface area (Å²) in [5, 5.41) is 7.17. The average Bonchev–Trinajstić information content (AvgIpc) is 2.12. The third-order valence-electron chi connectivity index (χ3n) is 3.77. The second kappa shape index (κ2) is 4.43. The summed E-state index contributed by atoms with van der Waals surface area (Å²) in [5.74, 6) is 0.959. The lowest BCUT2D eigenvalue weighted by atomic mass is 9.75. The Labute approximate surface area is 81.5 Å². The largest absolute Gasteiger partial charge is 0.315 e. The maximum absolute atomic E-state index is 3.66. The van der Waals surface area contributed by atoms with Gasteiger partial charge >= 0.3 is 0 Å². The summed E-state index contributed by atoms with van der Waals surface area (Å²) in [5.41, 5.74) is 0. The molecule has 13 heavy (non-hydrogen) atoms. The van der Waals surface area contributed by atoms with Crippen molar-refractivity contribution in [3.8, 4) is 0 Å². The molecule has 1 aliphatic heterocycles. The molecule has 0 aromatic carbocycles. The summed E-state index contributed by atoms with van der Waals surface area (Å²) in [6, 6.07) is 1.50. The number of piperidine rings is 1. The molecule has 0 aromatic rings. The standard InChI is InChI=1S/C11H22N2/c1-12-11(9-5-4-6-9)10-7-2-3-8-13-10/h9-13H,2-8H2,1H3. The van der Waals surface area contributed by atoms with Gasteiger partial charge in [0.1, 0.15) is 0 Å². The molecule has 2 fully saturated rings. The predicted molar refractivity (Wildman–Crippen MR) is 55.8 cm³/mol. The zero-order valence-electron chi connectivity index (χ0n) is 8.68. The summed E-state index contributed by atoms with van der Waals surface area (Å²) in [7, 11) is 2.12. The number of likely N-dealkylation sites (N-methyl/N-ethyl adjacent to an activating group) is 1. The molecule has 0 aromatic heterocycles. The first-order chi connectivity index (χ1) is 6.42. The lowest BCUT2D eigenvalue weighted by molar-refractivity contribution is 0.179. The van der Waals surface area contributed by atoms with E-state index in [-0.39, 0.29) is 0 Å². The van der Waals surface area contributed by atoms with Crippen molar-refractivity contribution in [2.24, 2.45) is 5.92 Å². The lowest BCUT2D eigenvalue weighted by Gasteiger charge is -2.40. The van der Waals surface area contributed by atoms with Crippen LogP contribution in [0.4, 0.5) is 0 Å². The van der Waals surface area contributed by atoms with E-state index in [1.807, 2.05) is 0 Å². The number of hydrogen-bond donors (Lipinski definition) is 2. The van der Waals surface area contributed by atoms with Gasteiger partial charge in [0.25, 0.3) is 0 Å². The maximum atomic E-state index is 3.66. The van der Waals surface area contributed by atoms with Crippen molar-refractivity contribution < 1.29 is 0 Å². The summed E-state index contributed by atoms with van der Waals surface area (Å²) >= 11 is 0. The molecule has 2 nitrogen and oxygen atoms in total. The van der Waals surface area contributed by atoms with Crippen LogP contribution >= 0.6 is 0 Å². The minimum absolute atomic E-state index is 0.744. The predicted octanol–water partition coefficient (Wildman–Crippen LogP) is 1.52. The molecule has 2 N–H and O–H groups in total. The van der Waals surface area contributed by atoms with Crippen LogP contribution in [0, 0.1) is 5.92 Å². The Bertz CT molecular complexity index is 148. The fourth-order valence-corrected chi connectivity index (χ4v) is 2.75. The summed E-state index contributed by atoms with van der Waals surface area (Å²) < 4.78 is 0. The zero-order chi connectivity index (χ0) is 9.10. The van der Waals surface area contributed by atoms with Crippen LogP contribution in [0.1, 0.15) is 38.5 Å². The third-order valence-corrected chi connectivity index (χ3v) is 3.77. The van der Waals surface area contributed by atoms with E-state index in [2.05, 4.69) is 17.7 Å². The van der Waals surface area contributed by atoms with E-state index in [9.17, 15) is 0 Å². The first-order valence-electron chi connectivity index (χ1n) is 5.82. The van der Waals surface area contributed by atoms with Gasteiger partial charge in [-0.25, -0.2) is 0 Å². The van der Waals surface area contributed by atoms with Crippen molar-refractivity contribution in [1.29, 1.82) is 0 Å². The fraction of sp³-hybridized carbons (Fsp3) is 1.00. The molecule has 0 amide bonds. The van der Waals surface area contributed by atoms with Crippen molar-refractivity contribution in [2.45, 2.75) is 50.6 Å². The number of hydrogen-bond acceptors (Lipinski definition) is 2. The van der Waals surface area contributed by atoms with Crippen LogP contribution in [0.2, 0.25) is 0 Å². The fourth-order valence-electron chi connectivity index (χ4n) is 2.75. The van der Waals surface area contributed by atoms with Gasteiger partial charge in [-0.1, -0.05) is 12.8 Å². The van der Waals surface area contributed by atoms with Crippen LogP contribution < -0.4 is 10.6 Å². The van der Waals surface area contributed by atoms with E-state index in [0.29, 0.717) is 0 Å². The number of rotatable bonds is 3. The van der Waals surface area contributed by atoms with Gasteiger partial charge in [0.2, 0.25) is 0 Å². The molecule has 0 bridgehead atoms. The topological polar surface area (TPSA) is 24.1 Å². The van der Waals surface area contributed by atoms with Crippen molar-refractivity contribution in [2.75, 3.05) is 13.6 Å². The molecule has 2 aliphatic rings. The molecule has 76 valence electrons. The van der Waals surface area contributed by atoms with Crippen LogP contribution in [0.15, 0.2) is 0 Å². The molecule has 1 saturated heterocycles. The van der Waals surface area contributed by atoms with Crippen molar-refractivity contribution in [3.05, 3.63) is 0 Å². The molecule has 0 radical (unpaired) electrons. The minimum atomic E-state index is 0.744. The lowest BCUT2D eigenvalue weighted by Crippen LogP contribution is -2.53. The smallest absolute Gasteiger partial charge is 0.0246 e. The van der Waals surface area contributed by atoms with E-state index in [0.717, 1.165) is 18.0 Å². The quantitative estimate of drug-likeness (QED) is 0.691. The molecule has 1 saturated carbocycles. The highest BCUT2D eigenvalue weighted by molar-refractivity contribution is 4.91. The molecule has 2 rings (SSSR count). The Morgan fingerprint density at radius 3 is 2.46 bits per heavy atom. The van der Waals surface area contributed by atoms with Crippen LogP contribution in [-0.4, -0.2) is 25.7 Å². The maximum Gasteiger partial charge on any atom is 0.0246 e. The highest BCUT2D eigenvalue weighted by Gasteiger charge is 2.32. The highest BCUT2D eigenvalue weighted by Crippen LogP contribution is 2.32. The second-order valence-corrected chi connectivity index (χ2v) is 4.56. The second-order valence-electron chi connectivity index (χ2n) is 4.56. The number of nitrogens with one attached hydrogen (secondary N) is 2. The average molecular weight is 182 g/mol. The van der Waals surface area contributed by atoms with Gasteiger partial charge in [0.05, 0.1) is 0 Å². The normalized spacial score (nSPS) is 32.5. The Morgan fingerprint density at radius 1 is 1.15 bits per heavy atom. The van der Waals surface area contributed by atoms with Crippen LogP contribution in [0.25, 0.3) is 0 Å². The van der Waals surface area contributed by atoms with E-state index in [1.54, 1.807) is 0 Å². The van der Waals surface area contributed by atoms with Gasteiger partial charge in [-0.05, 0) is 45.2 Å². The van der Waals surface area contributed by atoms with Gasteiger partial charge in [-0.15, -0.1) is 0 Å². The first-order valence-corrected chi connectivity index (χ1v) is 5.82. The van der Waals surface area contributed by atoms with Gasteiger partial charge in [0.15, 0.2) is 0 Å². The van der Waals surface area contributed by atoms with Crippen LogP contribution in [-0.2, 0) is 0 Å². The van der Waals surface area contributed by atoms with E-state index >= 15 is 0 Å². The van der Waals surface area contributed by atoms with Crippen LogP contribution in [0.3, 0.4) is 0 Å². The van der Waals surface area contributed by atoms with Gasteiger partial charge in [-0.3, -0.25) is 0 Å². The van der Waals surface area contributed by atoms with Crippen LogP contribution in [0.5, 0.6) is 0 Å². The molecule has 1 heterocycles. The van der Waals surface area contributed by atoms with Crippen molar-refractivity contribution in [1.82, 2.24) is 10.6 Å². The van der Waals surface area contributed by atoms with Crippen molar-refractivity contribution in [3.63, 3.8) is 0 Å². The first kappa shape index (κ1) is 9.47. The molecular formula is C11H22N2. The van der Waals surface area contributed by atoms with E-state index in [1.165, 1.54) is 45.1 Å². The van der Waals surface area contributed by atoms with E-state index < -0.39 is 0 Å². The Morgan fingerprint density at radius 2 is 2.00 bits per heavy atom. The summed E-state index contributed by atoms with van der Waals surface area (Å²) in [6.45, 7) is 1.23. The monoisotopic (exact) mass is 182 g/mol. The molecular weight excluding hydrogens is 160 g/mol. The van der Waals surface area contributed by atoms with E-state index in [4.69, 9.17) is 0 Å². The Hall–Kier alpha value is -0.0800. The Kier molecular flexibility index (Phi) is 3.23. The van der Waals surface area contributed by atoms with Crippen molar-refractivity contribution >= 4 is 0 Å².